The standard InChI is InChI=1S/C17H14N4OS/c1-20(2)12-9-7-11(8-10-12)15-19-21-16(22)13-5-3-4-6-14(13)18-17(21)23-15/h3-10H,1-2H3. The second-order valence-electron chi connectivity index (χ2n) is 5.48. The Morgan fingerprint density at radius 3 is 2.52 bits per heavy atom. The van der Waals surface area contributed by atoms with Gasteiger partial charge in [-0.1, -0.05) is 23.5 Å². The molecule has 114 valence electrons. The monoisotopic (exact) mass is 322 g/mol. The van der Waals surface area contributed by atoms with Gasteiger partial charge in [-0.2, -0.15) is 9.61 Å². The second kappa shape index (κ2) is 5.17. The predicted molar refractivity (Wildman–Crippen MR) is 94.4 cm³/mol. The lowest BCUT2D eigenvalue weighted by atomic mass is 10.2. The molecule has 2 aromatic carbocycles. The third-order valence-electron chi connectivity index (χ3n) is 3.73. The van der Waals surface area contributed by atoms with Crippen LogP contribution in [0, 0.1) is 0 Å². The summed E-state index contributed by atoms with van der Waals surface area (Å²) in [6.07, 6.45) is 0. The summed E-state index contributed by atoms with van der Waals surface area (Å²) in [6, 6.07) is 15.4. The topological polar surface area (TPSA) is 50.5 Å². The lowest BCUT2D eigenvalue weighted by Crippen LogP contribution is -2.14. The zero-order valence-electron chi connectivity index (χ0n) is 12.7. The SMILES string of the molecule is CN(C)c1ccc(-c2nn3c(=O)c4ccccc4nc3s2)cc1. The van der Waals surface area contributed by atoms with Crippen molar-refractivity contribution >= 4 is 32.9 Å². The Bertz CT molecular complexity index is 1060. The van der Waals surface area contributed by atoms with Crippen molar-refractivity contribution in [3.63, 3.8) is 0 Å². The van der Waals surface area contributed by atoms with Crippen LogP contribution in [0.15, 0.2) is 53.3 Å². The van der Waals surface area contributed by atoms with Crippen LogP contribution < -0.4 is 10.5 Å². The van der Waals surface area contributed by atoms with Crippen molar-refractivity contribution in [3.8, 4) is 10.6 Å². The molecule has 23 heavy (non-hydrogen) atoms. The highest BCUT2D eigenvalue weighted by atomic mass is 32.1. The molecular formula is C17H14N4OS. The van der Waals surface area contributed by atoms with E-state index in [0.29, 0.717) is 15.9 Å². The molecule has 0 N–H and O–H groups in total. The Balaban J connectivity index is 1.90. The smallest absolute Gasteiger partial charge is 0.283 e. The van der Waals surface area contributed by atoms with Gasteiger partial charge in [-0.05, 0) is 36.4 Å². The molecule has 0 saturated carbocycles. The first-order valence-electron chi connectivity index (χ1n) is 7.20. The molecule has 0 aliphatic carbocycles. The van der Waals surface area contributed by atoms with E-state index in [1.807, 2.05) is 61.5 Å². The Labute approximate surface area is 136 Å². The van der Waals surface area contributed by atoms with Crippen molar-refractivity contribution in [1.82, 2.24) is 14.6 Å². The molecule has 4 aromatic rings. The quantitative estimate of drug-likeness (QED) is 0.569. The number of benzene rings is 2. The zero-order chi connectivity index (χ0) is 16.0. The van der Waals surface area contributed by atoms with E-state index in [4.69, 9.17) is 0 Å². The molecule has 0 aliphatic heterocycles. The summed E-state index contributed by atoms with van der Waals surface area (Å²) >= 11 is 1.42. The lowest BCUT2D eigenvalue weighted by Gasteiger charge is -2.11. The molecule has 4 rings (SSSR count). The highest BCUT2D eigenvalue weighted by Crippen LogP contribution is 2.26. The molecule has 2 heterocycles. The first-order valence-corrected chi connectivity index (χ1v) is 8.01. The highest BCUT2D eigenvalue weighted by Gasteiger charge is 2.12. The van der Waals surface area contributed by atoms with E-state index < -0.39 is 0 Å². The first kappa shape index (κ1) is 13.9. The summed E-state index contributed by atoms with van der Waals surface area (Å²) in [4.78, 5) is 19.7. The summed E-state index contributed by atoms with van der Waals surface area (Å²) in [6.45, 7) is 0. The van der Waals surface area contributed by atoms with Crippen LogP contribution in [0.5, 0.6) is 0 Å². The number of aromatic nitrogens is 3. The number of para-hydroxylation sites is 1. The minimum atomic E-state index is -0.127. The number of hydrogen-bond acceptors (Lipinski definition) is 5. The molecule has 0 fully saturated rings. The van der Waals surface area contributed by atoms with Crippen LogP contribution in [0.3, 0.4) is 0 Å². The summed E-state index contributed by atoms with van der Waals surface area (Å²) in [5.41, 5.74) is 2.68. The molecule has 2 aromatic heterocycles. The maximum absolute atomic E-state index is 12.5. The average Bonchev–Trinajstić information content (AvgIpc) is 2.99. The van der Waals surface area contributed by atoms with Gasteiger partial charge in [-0.15, -0.1) is 0 Å². The van der Waals surface area contributed by atoms with Crippen LogP contribution in [-0.4, -0.2) is 28.7 Å². The van der Waals surface area contributed by atoms with Gasteiger partial charge >= 0.3 is 0 Å². The molecule has 0 unspecified atom stereocenters. The average molecular weight is 322 g/mol. The molecule has 0 atom stereocenters. The molecule has 5 nitrogen and oxygen atoms in total. The van der Waals surface area contributed by atoms with E-state index in [9.17, 15) is 4.79 Å². The van der Waals surface area contributed by atoms with Gasteiger partial charge in [0, 0.05) is 25.3 Å². The number of rotatable bonds is 2. The van der Waals surface area contributed by atoms with Crippen LogP contribution >= 0.6 is 11.3 Å². The molecule has 0 saturated heterocycles. The summed E-state index contributed by atoms with van der Waals surface area (Å²) < 4.78 is 1.39. The Morgan fingerprint density at radius 2 is 1.78 bits per heavy atom. The normalized spacial score (nSPS) is 11.2. The van der Waals surface area contributed by atoms with Crippen molar-refractivity contribution in [3.05, 3.63) is 58.9 Å². The lowest BCUT2D eigenvalue weighted by molar-refractivity contribution is 0.919. The molecule has 0 spiro atoms. The van der Waals surface area contributed by atoms with Gasteiger partial charge in [0.25, 0.3) is 5.56 Å². The van der Waals surface area contributed by atoms with Crippen molar-refractivity contribution in [1.29, 1.82) is 0 Å². The Kier molecular flexibility index (Phi) is 3.12. The van der Waals surface area contributed by atoms with Gasteiger partial charge in [0.2, 0.25) is 4.96 Å². The van der Waals surface area contributed by atoms with Crippen molar-refractivity contribution < 1.29 is 0 Å². The fourth-order valence-corrected chi connectivity index (χ4v) is 3.38. The van der Waals surface area contributed by atoms with Gasteiger partial charge in [0.05, 0.1) is 10.9 Å². The maximum atomic E-state index is 12.5. The fraction of sp³-hybridized carbons (Fsp3) is 0.118. The van der Waals surface area contributed by atoms with Gasteiger partial charge in [-0.3, -0.25) is 4.79 Å². The largest absolute Gasteiger partial charge is 0.378 e. The third kappa shape index (κ3) is 2.27. The van der Waals surface area contributed by atoms with E-state index in [-0.39, 0.29) is 5.56 Å². The third-order valence-corrected chi connectivity index (χ3v) is 4.69. The molecular weight excluding hydrogens is 308 g/mol. The van der Waals surface area contributed by atoms with Crippen molar-refractivity contribution in [2.75, 3.05) is 19.0 Å². The molecule has 6 heteroatoms. The van der Waals surface area contributed by atoms with E-state index in [0.717, 1.165) is 16.3 Å². The Hall–Kier alpha value is -2.73. The van der Waals surface area contributed by atoms with Crippen LogP contribution in [0.2, 0.25) is 0 Å². The van der Waals surface area contributed by atoms with Crippen molar-refractivity contribution in [2.24, 2.45) is 0 Å². The summed E-state index contributed by atoms with van der Waals surface area (Å²) in [5, 5.41) is 5.83. The number of hydrogen-bond donors (Lipinski definition) is 0. The van der Waals surface area contributed by atoms with Crippen LogP contribution in [-0.2, 0) is 0 Å². The molecule has 0 aliphatic rings. The van der Waals surface area contributed by atoms with Gasteiger partial charge in [-0.25, -0.2) is 4.98 Å². The first-order chi connectivity index (χ1) is 11.1. The predicted octanol–water partition coefficient (Wildman–Crippen LogP) is 3.04. The number of fused-ring (bicyclic) bond motifs is 2. The molecule has 0 radical (unpaired) electrons. The van der Waals surface area contributed by atoms with Crippen LogP contribution in [0.4, 0.5) is 5.69 Å². The van der Waals surface area contributed by atoms with Crippen molar-refractivity contribution in [2.45, 2.75) is 0 Å². The minimum Gasteiger partial charge on any atom is -0.378 e. The molecule has 0 bridgehead atoms. The van der Waals surface area contributed by atoms with E-state index in [2.05, 4.69) is 10.1 Å². The number of anilines is 1. The van der Waals surface area contributed by atoms with Crippen LogP contribution in [0.1, 0.15) is 0 Å². The highest BCUT2D eigenvalue weighted by molar-refractivity contribution is 7.19. The fourth-order valence-electron chi connectivity index (χ4n) is 2.47. The van der Waals surface area contributed by atoms with Crippen LogP contribution in [0.25, 0.3) is 26.4 Å². The second-order valence-corrected chi connectivity index (χ2v) is 6.43. The molecule has 0 amide bonds. The summed E-state index contributed by atoms with van der Waals surface area (Å²) in [7, 11) is 4.00. The maximum Gasteiger partial charge on any atom is 0.283 e. The van der Waals surface area contributed by atoms with Gasteiger partial charge in [0.15, 0.2) is 0 Å². The van der Waals surface area contributed by atoms with E-state index in [1.165, 1.54) is 15.9 Å². The zero-order valence-corrected chi connectivity index (χ0v) is 13.5. The number of nitrogens with zero attached hydrogens (tertiary/aromatic N) is 4. The van der Waals surface area contributed by atoms with E-state index >= 15 is 0 Å². The van der Waals surface area contributed by atoms with Gasteiger partial charge < -0.3 is 4.90 Å². The van der Waals surface area contributed by atoms with E-state index in [1.54, 1.807) is 6.07 Å². The minimum absolute atomic E-state index is 0.127. The Morgan fingerprint density at radius 1 is 1.04 bits per heavy atom. The summed E-state index contributed by atoms with van der Waals surface area (Å²) in [5.74, 6) is 0. The van der Waals surface area contributed by atoms with Gasteiger partial charge in [0.1, 0.15) is 5.01 Å².